The predicted molar refractivity (Wildman–Crippen MR) is 70.7 cm³/mol. The van der Waals surface area contributed by atoms with E-state index in [9.17, 15) is 0 Å². The molecule has 0 saturated heterocycles. The van der Waals surface area contributed by atoms with Crippen LogP contribution in [-0.4, -0.2) is 20.8 Å². The summed E-state index contributed by atoms with van der Waals surface area (Å²) in [5.74, 6) is 0.687. The Morgan fingerprint density at radius 2 is 2.28 bits per heavy atom. The molecule has 0 spiro atoms. The molecule has 2 N–H and O–H groups in total. The van der Waals surface area contributed by atoms with Crippen molar-refractivity contribution in [2.45, 2.75) is 38.1 Å². The summed E-state index contributed by atoms with van der Waals surface area (Å²) in [5.41, 5.74) is 9.19. The van der Waals surface area contributed by atoms with Gasteiger partial charge in [-0.15, -0.1) is 0 Å². The molecule has 1 saturated carbocycles. The van der Waals surface area contributed by atoms with E-state index in [1.54, 1.807) is 0 Å². The van der Waals surface area contributed by atoms with Gasteiger partial charge in [0.05, 0.1) is 17.6 Å². The molecule has 0 aliphatic heterocycles. The van der Waals surface area contributed by atoms with Crippen molar-refractivity contribution in [1.29, 1.82) is 0 Å². The Balaban J connectivity index is 1.85. The van der Waals surface area contributed by atoms with Gasteiger partial charge in [-0.2, -0.15) is 5.10 Å². The van der Waals surface area contributed by atoms with Gasteiger partial charge < -0.3 is 5.73 Å². The summed E-state index contributed by atoms with van der Waals surface area (Å²) in [6.07, 6.45) is 9.13. The van der Waals surface area contributed by atoms with Crippen LogP contribution < -0.4 is 5.73 Å². The van der Waals surface area contributed by atoms with Gasteiger partial charge in [0, 0.05) is 24.4 Å². The lowest BCUT2D eigenvalue weighted by Gasteiger charge is -2.07. The van der Waals surface area contributed by atoms with E-state index in [2.05, 4.69) is 22.2 Å². The van der Waals surface area contributed by atoms with Crippen LogP contribution in [0.5, 0.6) is 0 Å². The topological polar surface area (TPSA) is 56.7 Å². The van der Waals surface area contributed by atoms with Gasteiger partial charge in [-0.3, -0.25) is 4.98 Å². The van der Waals surface area contributed by atoms with E-state index in [0.717, 1.165) is 17.7 Å². The maximum absolute atomic E-state index is 5.82. The van der Waals surface area contributed by atoms with E-state index in [0.29, 0.717) is 5.92 Å². The molecule has 0 radical (unpaired) electrons. The smallest absolute Gasteiger partial charge is 0.0831 e. The SMILES string of the molecule is CC(N)Cc1cncc(-n2ccc(C3CC3)n2)c1. The Kier molecular flexibility index (Phi) is 2.88. The van der Waals surface area contributed by atoms with E-state index in [1.165, 1.54) is 18.5 Å². The van der Waals surface area contributed by atoms with Crippen LogP contribution in [0.2, 0.25) is 0 Å². The van der Waals surface area contributed by atoms with Crippen molar-refractivity contribution in [3.05, 3.63) is 42.0 Å². The zero-order chi connectivity index (χ0) is 12.5. The Bertz CT molecular complexity index is 540. The Labute approximate surface area is 107 Å². The largest absolute Gasteiger partial charge is 0.328 e. The van der Waals surface area contributed by atoms with Crippen LogP contribution in [0.1, 0.15) is 36.9 Å². The zero-order valence-corrected chi connectivity index (χ0v) is 10.6. The highest BCUT2D eigenvalue weighted by atomic mass is 15.3. The van der Waals surface area contributed by atoms with Crippen molar-refractivity contribution in [2.24, 2.45) is 5.73 Å². The Hall–Kier alpha value is -1.68. The summed E-state index contributed by atoms with van der Waals surface area (Å²) < 4.78 is 1.91. The van der Waals surface area contributed by atoms with Crippen molar-refractivity contribution in [1.82, 2.24) is 14.8 Å². The highest BCUT2D eigenvalue weighted by molar-refractivity contribution is 5.32. The summed E-state index contributed by atoms with van der Waals surface area (Å²) in [4.78, 5) is 4.27. The molecule has 2 heterocycles. The number of pyridine rings is 1. The van der Waals surface area contributed by atoms with Crippen molar-refractivity contribution in [2.75, 3.05) is 0 Å². The van der Waals surface area contributed by atoms with Crippen molar-refractivity contribution in [3.63, 3.8) is 0 Å². The fraction of sp³-hybridized carbons (Fsp3) is 0.429. The molecule has 4 nitrogen and oxygen atoms in total. The molecule has 1 aliphatic carbocycles. The first-order valence-electron chi connectivity index (χ1n) is 6.48. The van der Waals surface area contributed by atoms with Gasteiger partial charge in [0.25, 0.3) is 0 Å². The second kappa shape index (κ2) is 4.53. The fourth-order valence-corrected chi connectivity index (χ4v) is 2.16. The summed E-state index contributed by atoms with van der Waals surface area (Å²) in [5, 5.41) is 4.61. The molecule has 3 rings (SSSR count). The first-order valence-corrected chi connectivity index (χ1v) is 6.48. The number of hydrogen-bond donors (Lipinski definition) is 1. The van der Waals surface area contributed by atoms with Crippen LogP contribution in [0, 0.1) is 0 Å². The summed E-state index contributed by atoms with van der Waals surface area (Å²) in [7, 11) is 0. The van der Waals surface area contributed by atoms with E-state index in [1.807, 2.05) is 30.2 Å². The van der Waals surface area contributed by atoms with E-state index in [4.69, 9.17) is 5.73 Å². The molecular formula is C14H18N4. The molecule has 0 amide bonds. The second-order valence-corrected chi connectivity index (χ2v) is 5.19. The number of nitrogens with two attached hydrogens (primary N) is 1. The van der Waals surface area contributed by atoms with E-state index < -0.39 is 0 Å². The van der Waals surface area contributed by atoms with Gasteiger partial charge in [0.1, 0.15) is 0 Å². The van der Waals surface area contributed by atoms with Crippen molar-refractivity contribution >= 4 is 0 Å². The maximum atomic E-state index is 5.82. The van der Waals surface area contributed by atoms with Crippen LogP contribution in [0.15, 0.2) is 30.7 Å². The van der Waals surface area contributed by atoms with Crippen LogP contribution >= 0.6 is 0 Å². The van der Waals surface area contributed by atoms with Crippen LogP contribution in [0.25, 0.3) is 5.69 Å². The minimum Gasteiger partial charge on any atom is -0.328 e. The molecule has 18 heavy (non-hydrogen) atoms. The summed E-state index contributed by atoms with van der Waals surface area (Å²) in [6.45, 7) is 2.01. The predicted octanol–water partition coefficient (Wildman–Crippen LogP) is 2.03. The molecule has 1 unspecified atom stereocenters. The van der Waals surface area contributed by atoms with Crippen LogP contribution in [0.4, 0.5) is 0 Å². The van der Waals surface area contributed by atoms with Gasteiger partial charge in [-0.1, -0.05) is 0 Å². The average Bonchev–Trinajstić information content (AvgIpc) is 3.07. The lowest BCUT2D eigenvalue weighted by atomic mass is 10.1. The van der Waals surface area contributed by atoms with E-state index in [-0.39, 0.29) is 6.04 Å². The third-order valence-electron chi connectivity index (χ3n) is 3.21. The maximum Gasteiger partial charge on any atom is 0.0831 e. The number of aromatic nitrogens is 3. The number of nitrogens with zero attached hydrogens (tertiary/aromatic N) is 3. The molecule has 1 aliphatic rings. The molecule has 0 aromatic carbocycles. The standard InChI is InChI=1S/C14H18N4/c1-10(15)6-11-7-13(9-16-8-11)18-5-4-14(17-18)12-2-3-12/h4-5,7-10,12H,2-3,6,15H2,1H3. The minimum atomic E-state index is 0.154. The average molecular weight is 242 g/mol. The fourth-order valence-electron chi connectivity index (χ4n) is 2.16. The zero-order valence-electron chi connectivity index (χ0n) is 10.6. The molecule has 0 bridgehead atoms. The van der Waals surface area contributed by atoms with Gasteiger partial charge in [-0.25, -0.2) is 4.68 Å². The molecule has 2 aromatic heterocycles. The highest BCUT2D eigenvalue weighted by Gasteiger charge is 2.25. The quantitative estimate of drug-likeness (QED) is 0.892. The van der Waals surface area contributed by atoms with Gasteiger partial charge in [0.15, 0.2) is 0 Å². The van der Waals surface area contributed by atoms with Crippen LogP contribution in [-0.2, 0) is 6.42 Å². The Morgan fingerprint density at radius 3 is 3.00 bits per heavy atom. The second-order valence-electron chi connectivity index (χ2n) is 5.19. The van der Waals surface area contributed by atoms with Gasteiger partial charge in [0.2, 0.25) is 0 Å². The van der Waals surface area contributed by atoms with Gasteiger partial charge in [-0.05, 0) is 43.9 Å². The van der Waals surface area contributed by atoms with E-state index >= 15 is 0 Å². The highest BCUT2D eigenvalue weighted by Crippen LogP contribution is 2.38. The molecule has 1 atom stereocenters. The number of hydrogen-bond acceptors (Lipinski definition) is 3. The third kappa shape index (κ3) is 2.43. The van der Waals surface area contributed by atoms with Crippen molar-refractivity contribution < 1.29 is 0 Å². The molecular weight excluding hydrogens is 224 g/mol. The first-order chi connectivity index (χ1) is 8.72. The van der Waals surface area contributed by atoms with Crippen LogP contribution in [0.3, 0.4) is 0 Å². The van der Waals surface area contributed by atoms with Gasteiger partial charge >= 0.3 is 0 Å². The monoisotopic (exact) mass is 242 g/mol. The summed E-state index contributed by atoms with van der Waals surface area (Å²) in [6, 6.07) is 4.37. The number of rotatable bonds is 4. The molecule has 2 aromatic rings. The Morgan fingerprint density at radius 1 is 1.44 bits per heavy atom. The molecule has 94 valence electrons. The normalized spacial score (nSPS) is 16.8. The lowest BCUT2D eigenvalue weighted by molar-refractivity contribution is 0.733. The lowest BCUT2D eigenvalue weighted by Crippen LogP contribution is -2.18. The van der Waals surface area contributed by atoms with Crippen molar-refractivity contribution in [3.8, 4) is 5.69 Å². The minimum absolute atomic E-state index is 0.154. The summed E-state index contributed by atoms with van der Waals surface area (Å²) >= 11 is 0. The molecule has 1 fully saturated rings. The first kappa shape index (κ1) is 11.4. The third-order valence-corrected chi connectivity index (χ3v) is 3.21. The molecule has 4 heteroatoms.